The summed E-state index contributed by atoms with van der Waals surface area (Å²) in [5.74, 6) is 0.559. The highest BCUT2D eigenvalue weighted by Gasteiger charge is 2.30. The standard InChI is InChI=1S/C13H14N2/c14-11-6-8-15-7-5-10-3-1-2-4-12(10)13(15)9-11/h1-3,5-9,12-13H,4,14H2. The lowest BCUT2D eigenvalue weighted by molar-refractivity contribution is 0.320. The Morgan fingerprint density at radius 3 is 3.07 bits per heavy atom. The molecule has 2 nitrogen and oxygen atoms in total. The van der Waals surface area contributed by atoms with Gasteiger partial charge in [0.1, 0.15) is 0 Å². The van der Waals surface area contributed by atoms with E-state index in [4.69, 9.17) is 5.73 Å². The second-order valence-electron chi connectivity index (χ2n) is 4.17. The summed E-state index contributed by atoms with van der Waals surface area (Å²) >= 11 is 0. The second kappa shape index (κ2) is 3.16. The van der Waals surface area contributed by atoms with E-state index < -0.39 is 0 Å². The Morgan fingerprint density at radius 1 is 1.27 bits per heavy atom. The second-order valence-corrected chi connectivity index (χ2v) is 4.17. The lowest BCUT2D eigenvalue weighted by Gasteiger charge is -2.39. The van der Waals surface area contributed by atoms with Gasteiger partial charge in [0, 0.05) is 24.0 Å². The van der Waals surface area contributed by atoms with Crippen LogP contribution in [0.25, 0.3) is 0 Å². The minimum Gasteiger partial charge on any atom is -0.399 e. The van der Waals surface area contributed by atoms with Crippen LogP contribution in [0, 0.1) is 5.92 Å². The zero-order valence-electron chi connectivity index (χ0n) is 8.51. The highest BCUT2D eigenvalue weighted by Crippen LogP contribution is 2.34. The van der Waals surface area contributed by atoms with Crippen LogP contribution in [0.15, 0.2) is 60.1 Å². The number of hydrogen-bond acceptors (Lipinski definition) is 2. The van der Waals surface area contributed by atoms with Crippen molar-refractivity contribution in [2.75, 3.05) is 0 Å². The Hall–Kier alpha value is -1.70. The molecule has 0 saturated heterocycles. The summed E-state index contributed by atoms with van der Waals surface area (Å²) in [6.45, 7) is 0. The number of fused-ring (bicyclic) bond motifs is 3. The molecular formula is C13H14N2. The summed E-state index contributed by atoms with van der Waals surface area (Å²) in [6.07, 6.45) is 18.2. The van der Waals surface area contributed by atoms with E-state index in [0.717, 1.165) is 12.1 Å². The molecule has 2 heteroatoms. The van der Waals surface area contributed by atoms with Gasteiger partial charge in [0.05, 0.1) is 6.04 Å². The maximum Gasteiger partial charge on any atom is 0.0604 e. The van der Waals surface area contributed by atoms with E-state index in [1.165, 1.54) is 5.57 Å². The van der Waals surface area contributed by atoms with Crippen molar-refractivity contribution < 1.29 is 0 Å². The van der Waals surface area contributed by atoms with Crippen molar-refractivity contribution in [3.05, 3.63) is 60.1 Å². The van der Waals surface area contributed by atoms with Crippen molar-refractivity contribution in [3.63, 3.8) is 0 Å². The molecular weight excluding hydrogens is 184 g/mol. The number of nitrogens with two attached hydrogens (primary N) is 1. The first-order valence-corrected chi connectivity index (χ1v) is 5.32. The molecule has 2 unspecified atom stereocenters. The third kappa shape index (κ3) is 1.33. The van der Waals surface area contributed by atoms with Gasteiger partial charge in [-0.3, -0.25) is 0 Å². The van der Waals surface area contributed by atoms with Gasteiger partial charge in [0.15, 0.2) is 0 Å². The molecule has 2 heterocycles. The van der Waals surface area contributed by atoms with Gasteiger partial charge in [-0.15, -0.1) is 0 Å². The summed E-state index contributed by atoms with van der Waals surface area (Å²) in [4.78, 5) is 2.23. The fraction of sp³-hybridized carbons (Fsp3) is 0.231. The van der Waals surface area contributed by atoms with Gasteiger partial charge in [-0.2, -0.15) is 0 Å². The van der Waals surface area contributed by atoms with Gasteiger partial charge in [-0.25, -0.2) is 0 Å². The summed E-state index contributed by atoms with van der Waals surface area (Å²) in [5, 5.41) is 0. The van der Waals surface area contributed by atoms with E-state index >= 15 is 0 Å². The van der Waals surface area contributed by atoms with Crippen LogP contribution in [-0.2, 0) is 0 Å². The average Bonchev–Trinajstić information content (AvgIpc) is 2.29. The van der Waals surface area contributed by atoms with Crippen LogP contribution in [0.3, 0.4) is 0 Å². The lowest BCUT2D eigenvalue weighted by atomic mass is 9.81. The predicted octanol–water partition coefficient (Wildman–Crippen LogP) is 2.06. The van der Waals surface area contributed by atoms with Crippen LogP contribution in [0.2, 0.25) is 0 Å². The van der Waals surface area contributed by atoms with E-state index in [0.29, 0.717) is 12.0 Å². The predicted molar refractivity (Wildman–Crippen MR) is 61.5 cm³/mol. The molecule has 0 amide bonds. The molecule has 0 radical (unpaired) electrons. The largest absolute Gasteiger partial charge is 0.399 e. The maximum absolute atomic E-state index is 5.85. The van der Waals surface area contributed by atoms with E-state index in [-0.39, 0.29) is 0 Å². The van der Waals surface area contributed by atoms with Crippen LogP contribution >= 0.6 is 0 Å². The van der Waals surface area contributed by atoms with Crippen molar-refractivity contribution >= 4 is 0 Å². The molecule has 0 aromatic rings. The first kappa shape index (κ1) is 8.60. The zero-order chi connectivity index (χ0) is 10.3. The molecule has 2 atom stereocenters. The van der Waals surface area contributed by atoms with Crippen LogP contribution in [0.4, 0.5) is 0 Å². The topological polar surface area (TPSA) is 29.3 Å². The molecule has 76 valence electrons. The zero-order valence-corrected chi connectivity index (χ0v) is 8.51. The van der Waals surface area contributed by atoms with E-state index in [9.17, 15) is 0 Å². The first-order chi connectivity index (χ1) is 7.34. The highest BCUT2D eigenvalue weighted by atomic mass is 15.1. The van der Waals surface area contributed by atoms with Gasteiger partial charge in [-0.1, -0.05) is 18.2 Å². The first-order valence-electron chi connectivity index (χ1n) is 5.32. The van der Waals surface area contributed by atoms with Crippen molar-refractivity contribution in [3.8, 4) is 0 Å². The molecule has 3 aliphatic rings. The van der Waals surface area contributed by atoms with Crippen molar-refractivity contribution in [2.45, 2.75) is 12.5 Å². The molecule has 0 aromatic heterocycles. The van der Waals surface area contributed by atoms with Crippen molar-refractivity contribution in [2.24, 2.45) is 11.7 Å². The number of rotatable bonds is 0. The fourth-order valence-corrected chi connectivity index (χ4v) is 2.44. The summed E-state index contributed by atoms with van der Waals surface area (Å²) in [7, 11) is 0. The van der Waals surface area contributed by atoms with Crippen molar-refractivity contribution in [1.29, 1.82) is 0 Å². The van der Waals surface area contributed by atoms with Crippen molar-refractivity contribution in [1.82, 2.24) is 4.90 Å². The van der Waals surface area contributed by atoms with Gasteiger partial charge < -0.3 is 10.6 Å². The Kier molecular flexibility index (Phi) is 1.81. The monoisotopic (exact) mass is 198 g/mol. The normalized spacial score (nSPS) is 31.9. The Bertz CT molecular complexity index is 424. The summed E-state index contributed by atoms with van der Waals surface area (Å²) in [5.41, 5.74) is 8.14. The number of hydrogen-bond donors (Lipinski definition) is 1. The van der Waals surface area contributed by atoms with Crippen LogP contribution in [-0.4, -0.2) is 10.9 Å². The molecule has 3 rings (SSSR count). The van der Waals surface area contributed by atoms with Gasteiger partial charge in [-0.05, 0) is 30.2 Å². The third-order valence-electron chi connectivity index (χ3n) is 3.24. The quantitative estimate of drug-likeness (QED) is 0.645. The molecule has 2 N–H and O–H groups in total. The number of nitrogens with zero attached hydrogens (tertiary/aromatic N) is 1. The van der Waals surface area contributed by atoms with Crippen LogP contribution in [0.1, 0.15) is 6.42 Å². The lowest BCUT2D eigenvalue weighted by Crippen LogP contribution is -2.38. The smallest absolute Gasteiger partial charge is 0.0604 e. The maximum atomic E-state index is 5.85. The molecule has 0 aromatic carbocycles. The summed E-state index contributed by atoms with van der Waals surface area (Å²) in [6, 6.07) is 0.399. The minimum absolute atomic E-state index is 0.399. The summed E-state index contributed by atoms with van der Waals surface area (Å²) < 4.78 is 0. The van der Waals surface area contributed by atoms with Gasteiger partial charge in [0.25, 0.3) is 0 Å². The Balaban J connectivity index is 2.01. The highest BCUT2D eigenvalue weighted by molar-refractivity contribution is 5.39. The molecule has 1 aliphatic carbocycles. The average molecular weight is 198 g/mol. The molecule has 0 fully saturated rings. The van der Waals surface area contributed by atoms with E-state index in [1.807, 2.05) is 6.08 Å². The molecule has 0 bridgehead atoms. The Morgan fingerprint density at radius 2 is 2.13 bits per heavy atom. The molecule has 2 aliphatic heterocycles. The van der Waals surface area contributed by atoms with E-state index in [1.54, 1.807) is 0 Å². The Labute approximate surface area is 89.8 Å². The van der Waals surface area contributed by atoms with Gasteiger partial charge in [0.2, 0.25) is 0 Å². The number of allylic oxidation sites excluding steroid dienone is 5. The molecule has 15 heavy (non-hydrogen) atoms. The molecule has 0 spiro atoms. The van der Waals surface area contributed by atoms with Crippen LogP contribution < -0.4 is 5.73 Å². The van der Waals surface area contributed by atoms with Crippen LogP contribution in [0.5, 0.6) is 0 Å². The van der Waals surface area contributed by atoms with Gasteiger partial charge >= 0.3 is 0 Å². The minimum atomic E-state index is 0.399. The molecule has 0 saturated carbocycles. The van der Waals surface area contributed by atoms with E-state index in [2.05, 4.69) is 47.7 Å². The fourth-order valence-electron chi connectivity index (χ4n) is 2.44. The third-order valence-corrected chi connectivity index (χ3v) is 3.24. The SMILES string of the molecule is NC1=CC2C3CC=CC=C3C=CN2C=C1.